The molecule has 0 aliphatic rings. The molecule has 2 rings (SSSR count). The van der Waals surface area contributed by atoms with E-state index in [9.17, 15) is 0 Å². The Morgan fingerprint density at radius 2 is 2.25 bits per heavy atom. The number of benzene rings is 1. The van der Waals surface area contributed by atoms with Crippen LogP contribution in [0.3, 0.4) is 0 Å². The lowest BCUT2D eigenvalue weighted by Gasteiger charge is -2.20. The molecule has 1 aromatic heterocycles. The number of aromatic nitrogens is 3. The highest BCUT2D eigenvalue weighted by atomic mass is 127. The first-order chi connectivity index (χ1) is 9.61. The van der Waals surface area contributed by atoms with Gasteiger partial charge in [-0.3, -0.25) is 4.68 Å². The maximum absolute atomic E-state index is 4.34. The molecule has 1 heterocycles. The van der Waals surface area contributed by atoms with Crippen molar-refractivity contribution in [3.8, 4) is 0 Å². The van der Waals surface area contributed by atoms with E-state index >= 15 is 0 Å². The van der Waals surface area contributed by atoms with Gasteiger partial charge in [0.25, 0.3) is 0 Å². The summed E-state index contributed by atoms with van der Waals surface area (Å²) in [5.74, 6) is 0.990. The molecule has 0 amide bonds. The Labute approximate surface area is 141 Å². The van der Waals surface area contributed by atoms with Crippen LogP contribution in [0.5, 0.6) is 0 Å². The van der Waals surface area contributed by atoms with Gasteiger partial charge in [-0.2, -0.15) is 5.10 Å². The van der Waals surface area contributed by atoms with Crippen LogP contribution in [0, 0.1) is 3.57 Å². The normalized spacial score (nSPS) is 12.6. The molecule has 0 spiro atoms. The van der Waals surface area contributed by atoms with E-state index < -0.39 is 0 Å². The first kappa shape index (κ1) is 15.9. The third-order valence-corrected chi connectivity index (χ3v) is 4.56. The average Bonchev–Trinajstić information content (AvgIpc) is 2.83. The van der Waals surface area contributed by atoms with Crippen LogP contribution in [0.1, 0.15) is 30.8 Å². The maximum Gasteiger partial charge on any atom is 0.138 e. The summed E-state index contributed by atoms with van der Waals surface area (Å²) in [6, 6.07) is 6.66. The zero-order chi connectivity index (χ0) is 14.5. The van der Waals surface area contributed by atoms with Crippen molar-refractivity contribution < 1.29 is 0 Å². The fourth-order valence-corrected chi connectivity index (χ4v) is 3.12. The van der Waals surface area contributed by atoms with Gasteiger partial charge in [-0.1, -0.05) is 22.9 Å². The van der Waals surface area contributed by atoms with Crippen molar-refractivity contribution in [2.45, 2.75) is 25.8 Å². The smallest absolute Gasteiger partial charge is 0.138 e. The predicted octanol–water partition coefficient (Wildman–Crippen LogP) is 3.47. The van der Waals surface area contributed by atoms with Gasteiger partial charge in [0.15, 0.2) is 0 Å². The molecule has 1 N–H and O–H groups in total. The topological polar surface area (TPSA) is 42.7 Å². The van der Waals surface area contributed by atoms with Crippen molar-refractivity contribution in [3.05, 3.63) is 44.0 Å². The molecule has 0 aliphatic heterocycles. The lowest BCUT2D eigenvalue weighted by atomic mass is 10.0. The highest BCUT2D eigenvalue weighted by Crippen LogP contribution is 2.27. The van der Waals surface area contributed by atoms with E-state index in [2.05, 4.69) is 79.0 Å². The number of rotatable bonds is 6. The van der Waals surface area contributed by atoms with Crippen molar-refractivity contribution in [1.82, 2.24) is 20.1 Å². The third kappa shape index (κ3) is 4.02. The van der Waals surface area contributed by atoms with E-state index in [1.165, 1.54) is 9.13 Å². The van der Waals surface area contributed by atoms with Crippen LogP contribution >= 0.6 is 38.5 Å². The predicted molar refractivity (Wildman–Crippen MR) is 92.6 cm³/mol. The molecule has 1 aromatic carbocycles. The van der Waals surface area contributed by atoms with Crippen molar-refractivity contribution in [2.75, 3.05) is 6.54 Å². The van der Waals surface area contributed by atoms with E-state index in [1.54, 1.807) is 6.33 Å². The van der Waals surface area contributed by atoms with Gasteiger partial charge in [-0.05, 0) is 59.3 Å². The number of nitrogens with one attached hydrogen (secondary N) is 1. The Morgan fingerprint density at radius 3 is 2.90 bits per heavy atom. The van der Waals surface area contributed by atoms with Gasteiger partial charge in [0.2, 0.25) is 0 Å². The highest BCUT2D eigenvalue weighted by molar-refractivity contribution is 14.1. The lowest BCUT2D eigenvalue weighted by molar-refractivity contribution is 0.505. The fraction of sp³-hybridized carbons (Fsp3) is 0.429. The second-order valence-corrected chi connectivity index (χ2v) is 6.78. The molecule has 20 heavy (non-hydrogen) atoms. The summed E-state index contributed by atoms with van der Waals surface area (Å²) in [6.07, 6.45) is 3.54. The first-order valence-electron chi connectivity index (χ1n) is 6.63. The van der Waals surface area contributed by atoms with Gasteiger partial charge >= 0.3 is 0 Å². The lowest BCUT2D eigenvalue weighted by Crippen LogP contribution is -2.25. The van der Waals surface area contributed by atoms with E-state index in [0.29, 0.717) is 0 Å². The average molecular weight is 449 g/mol. The van der Waals surface area contributed by atoms with Crippen molar-refractivity contribution >= 4 is 38.5 Å². The second kappa shape index (κ2) is 7.51. The third-order valence-electron chi connectivity index (χ3n) is 3.17. The van der Waals surface area contributed by atoms with Crippen molar-refractivity contribution in [3.63, 3.8) is 0 Å². The molecule has 0 bridgehead atoms. The van der Waals surface area contributed by atoms with Crippen LogP contribution in [-0.2, 0) is 13.5 Å². The molecule has 1 unspecified atom stereocenters. The molecule has 0 fully saturated rings. The summed E-state index contributed by atoms with van der Waals surface area (Å²) in [5.41, 5.74) is 1.27. The van der Waals surface area contributed by atoms with Crippen molar-refractivity contribution in [1.29, 1.82) is 0 Å². The van der Waals surface area contributed by atoms with Gasteiger partial charge < -0.3 is 5.32 Å². The standard InChI is InChI=1S/C14H18BrIN4/c1-3-6-17-13(8-14-18-9-19-20(14)2)11-7-10(16)4-5-12(11)15/h4-5,7,9,13,17H,3,6,8H2,1-2H3. The highest BCUT2D eigenvalue weighted by Gasteiger charge is 2.17. The number of aryl methyl sites for hydroxylation is 1. The van der Waals surface area contributed by atoms with Crippen LogP contribution in [0.2, 0.25) is 0 Å². The molecule has 108 valence electrons. The minimum atomic E-state index is 0.238. The number of nitrogens with zero attached hydrogens (tertiary/aromatic N) is 3. The van der Waals surface area contributed by atoms with Crippen LogP contribution in [0.25, 0.3) is 0 Å². The summed E-state index contributed by atoms with van der Waals surface area (Å²) in [7, 11) is 1.93. The van der Waals surface area contributed by atoms with Crippen LogP contribution < -0.4 is 5.32 Å². The van der Waals surface area contributed by atoms with Crippen molar-refractivity contribution in [2.24, 2.45) is 7.05 Å². The second-order valence-electron chi connectivity index (χ2n) is 4.68. The van der Waals surface area contributed by atoms with Gasteiger partial charge in [0.05, 0.1) is 0 Å². The molecule has 0 saturated heterocycles. The Kier molecular flexibility index (Phi) is 5.98. The molecule has 0 radical (unpaired) electrons. The largest absolute Gasteiger partial charge is 0.310 e. The van der Waals surface area contributed by atoms with Crippen LogP contribution in [0.4, 0.5) is 0 Å². The van der Waals surface area contributed by atoms with E-state index in [4.69, 9.17) is 0 Å². The Morgan fingerprint density at radius 1 is 1.45 bits per heavy atom. The SMILES string of the molecule is CCCNC(Cc1ncnn1C)c1cc(I)ccc1Br. The minimum absolute atomic E-state index is 0.238. The van der Waals surface area contributed by atoms with Crippen LogP contribution in [0.15, 0.2) is 29.0 Å². The van der Waals surface area contributed by atoms with Gasteiger partial charge in [0.1, 0.15) is 12.2 Å². The van der Waals surface area contributed by atoms with E-state index in [1.807, 2.05) is 11.7 Å². The Bertz CT molecular complexity index is 570. The quantitative estimate of drug-likeness (QED) is 0.688. The fourth-order valence-electron chi connectivity index (χ4n) is 2.08. The van der Waals surface area contributed by atoms with Gasteiger partial charge in [-0.15, -0.1) is 0 Å². The number of hydrogen-bond donors (Lipinski definition) is 1. The summed E-state index contributed by atoms with van der Waals surface area (Å²) in [6.45, 7) is 3.16. The maximum atomic E-state index is 4.34. The van der Waals surface area contributed by atoms with Crippen LogP contribution in [-0.4, -0.2) is 21.3 Å². The zero-order valence-electron chi connectivity index (χ0n) is 11.6. The molecule has 0 saturated carbocycles. The minimum Gasteiger partial charge on any atom is -0.310 e. The number of halogens is 2. The van der Waals surface area contributed by atoms with Gasteiger partial charge in [-0.25, -0.2) is 4.98 Å². The number of hydrogen-bond acceptors (Lipinski definition) is 3. The molecule has 4 nitrogen and oxygen atoms in total. The molecule has 2 aromatic rings. The molecule has 0 aliphatic carbocycles. The van der Waals surface area contributed by atoms with Gasteiger partial charge in [0, 0.05) is 27.6 Å². The van der Waals surface area contributed by atoms with E-state index in [-0.39, 0.29) is 6.04 Å². The first-order valence-corrected chi connectivity index (χ1v) is 8.50. The summed E-state index contributed by atoms with van der Waals surface area (Å²) >= 11 is 6.01. The summed E-state index contributed by atoms with van der Waals surface area (Å²) in [5, 5.41) is 7.75. The summed E-state index contributed by atoms with van der Waals surface area (Å²) in [4.78, 5) is 4.34. The van der Waals surface area contributed by atoms with E-state index in [0.717, 1.165) is 29.7 Å². The summed E-state index contributed by atoms with van der Waals surface area (Å²) < 4.78 is 4.21. The zero-order valence-corrected chi connectivity index (χ0v) is 15.3. The Balaban J connectivity index is 2.27. The molecular formula is C14H18BrIN4. The monoisotopic (exact) mass is 448 g/mol. The Hall–Kier alpha value is -0.470. The molecular weight excluding hydrogens is 431 g/mol. The molecule has 6 heteroatoms. The molecule has 1 atom stereocenters.